The van der Waals surface area contributed by atoms with Crippen LogP contribution in [0.5, 0.6) is 0 Å². The highest BCUT2D eigenvalue weighted by atomic mass is 35.5. The van der Waals surface area contributed by atoms with Crippen LogP contribution in [0.2, 0.25) is 5.15 Å². The first-order chi connectivity index (χ1) is 6.13. The second-order valence-corrected chi connectivity index (χ2v) is 3.14. The molecule has 0 fully saturated rings. The van der Waals surface area contributed by atoms with E-state index in [4.69, 9.17) is 23.2 Å². The first-order valence-corrected chi connectivity index (χ1v) is 4.52. The number of rotatable bonds is 2. The van der Waals surface area contributed by atoms with Crippen LogP contribution in [-0.2, 0) is 4.79 Å². The van der Waals surface area contributed by atoms with Gasteiger partial charge in [-0.3, -0.25) is 4.79 Å². The molecule has 0 saturated carbocycles. The van der Waals surface area contributed by atoms with Gasteiger partial charge >= 0.3 is 0 Å². The summed E-state index contributed by atoms with van der Waals surface area (Å²) >= 11 is 11.0. The number of aryl methyl sites for hydroxylation is 1. The molecule has 13 heavy (non-hydrogen) atoms. The summed E-state index contributed by atoms with van der Waals surface area (Å²) in [6.45, 7) is 1.81. The third-order valence-electron chi connectivity index (χ3n) is 1.42. The molecular weight excluding hydrogens is 211 g/mol. The maximum atomic E-state index is 10.9. The SMILES string of the molecule is Cc1cc(NC(=O)CCl)cnc1Cl. The van der Waals surface area contributed by atoms with E-state index >= 15 is 0 Å². The molecule has 70 valence electrons. The maximum Gasteiger partial charge on any atom is 0.239 e. The summed E-state index contributed by atoms with van der Waals surface area (Å²) < 4.78 is 0. The minimum absolute atomic E-state index is 0.0678. The van der Waals surface area contributed by atoms with Crippen molar-refractivity contribution >= 4 is 34.8 Å². The molecule has 1 heterocycles. The van der Waals surface area contributed by atoms with Crippen LogP contribution in [0.15, 0.2) is 12.3 Å². The van der Waals surface area contributed by atoms with Gasteiger partial charge in [0.25, 0.3) is 0 Å². The fourth-order valence-electron chi connectivity index (χ4n) is 0.821. The number of nitrogens with one attached hydrogen (secondary N) is 1. The monoisotopic (exact) mass is 218 g/mol. The summed E-state index contributed by atoms with van der Waals surface area (Å²) in [7, 11) is 0. The highest BCUT2D eigenvalue weighted by molar-refractivity contribution is 6.30. The molecule has 5 heteroatoms. The number of hydrogen-bond donors (Lipinski definition) is 1. The molecule has 0 bridgehead atoms. The van der Waals surface area contributed by atoms with Gasteiger partial charge in [-0.1, -0.05) is 11.6 Å². The van der Waals surface area contributed by atoms with E-state index in [1.807, 2.05) is 6.92 Å². The third kappa shape index (κ3) is 2.86. The van der Waals surface area contributed by atoms with Crippen molar-refractivity contribution in [2.45, 2.75) is 6.92 Å². The van der Waals surface area contributed by atoms with Crippen LogP contribution in [0.1, 0.15) is 5.56 Å². The van der Waals surface area contributed by atoms with Crippen LogP contribution in [0, 0.1) is 6.92 Å². The summed E-state index contributed by atoms with van der Waals surface area (Å²) in [4.78, 5) is 14.7. The Hall–Kier alpha value is -0.800. The molecule has 0 aliphatic rings. The topological polar surface area (TPSA) is 42.0 Å². The minimum Gasteiger partial charge on any atom is -0.324 e. The lowest BCUT2D eigenvalue weighted by Crippen LogP contribution is -2.12. The molecule has 0 spiro atoms. The summed E-state index contributed by atoms with van der Waals surface area (Å²) in [5, 5.41) is 3.00. The Morgan fingerprint density at radius 2 is 2.38 bits per heavy atom. The standard InChI is InChI=1S/C8H8Cl2N2O/c1-5-2-6(4-11-8(5)10)12-7(13)3-9/h2,4H,3H2,1H3,(H,12,13). The predicted octanol–water partition coefficient (Wildman–Crippen LogP) is 2.22. The number of amides is 1. The number of aromatic nitrogens is 1. The number of carbonyl (C=O) groups excluding carboxylic acids is 1. The van der Waals surface area contributed by atoms with E-state index in [1.54, 1.807) is 6.07 Å². The van der Waals surface area contributed by atoms with Crippen LogP contribution in [0.3, 0.4) is 0 Å². The Morgan fingerprint density at radius 1 is 1.69 bits per heavy atom. The van der Waals surface area contributed by atoms with Gasteiger partial charge in [0.2, 0.25) is 5.91 Å². The lowest BCUT2D eigenvalue weighted by atomic mass is 10.3. The number of hydrogen-bond acceptors (Lipinski definition) is 2. The van der Waals surface area contributed by atoms with Crippen LogP contribution < -0.4 is 5.32 Å². The zero-order chi connectivity index (χ0) is 9.84. The average Bonchev–Trinajstić information content (AvgIpc) is 2.11. The molecule has 0 aliphatic carbocycles. The van der Waals surface area contributed by atoms with Crippen molar-refractivity contribution in [2.24, 2.45) is 0 Å². The van der Waals surface area contributed by atoms with Crippen LogP contribution in [0.4, 0.5) is 5.69 Å². The lowest BCUT2D eigenvalue weighted by molar-refractivity contribution is -0.113. The highest BCUT2D eigenvalue weighted by Crippen LogP contribution is 2.15. The number of carbonyl (C=O) groups is 1. The van der Waals surface area contributed by atoms with Crippen molar-refractivity contribution in [3.05, 3.63) is 23.0 Å². The molecular formula is C8H8Cl2N2O. The minimum atomic E-state index is -0.259. The van der Waals surface area contributed by atoms with Crippen molar-refractivity contribution in [2.75, 3.05) is 11.2 Å². The largest absolute Gasteiger partial charge is 0.324 e. The van der Waals surface area contributed by atoms with Gasteiger partial charge in [-0.15, -0.1) is 11.6 Å². The molecule has 0 aliphatic heterocycles. The van der Waals surface area contributed by atoms with E-state index in [2.05, 4.69) is 10.3 Å². The van der Waals surface area contributed by atoms with Gasteiger partial charge in [-0.25, -0.2) is 4.98 Å². The highest BCUT2D eigenvalue weighted by Gasteiger charge is 2.02. The first kappa shape index (κ1) is 10.3. The third-order valence-corrected chi connectivity index (χ3v) is 2.06. The molecule has 0 saturated heterocycles. The summed E-state index contributed by atoms with van der Waals surface area (Å²) in [6.07, 6.45) is 1.49. The molecule has 1 N–H and O–H groups in total. The maximum absolute atomic E-state index is 10.9. The number of nitrogens with zero attached hydrogens (tertiary/aromatic N) is 1. The van der Waals surface area contributed by atoms with Crippen molar-refractivity contribution in [1.82, 2.24) is 4.98 Å². The molecule has 1 amide bonds. The van der Waals surface area contributed by atoms with Crippen LogP contribution >= 0.6 is 23.2 Å². The molecule has 1 rings (SSSR count). The molecule has 0 radical (unpaired) electrons. The molecule has 1 aromatic rings. The number of pyridine rings is 1. The van der Waals surface area contributed by atoms with E-state index in [9.17, 15) is 4.79 Å². The molecule has 1 aromatic heterocycles. The lowest BCUT2D eigenvalue weighted by Gasteiger charge is -2.03. The Labute approximate surface area is 86.1 Å². The first-order valence-electron chi connectivity index (χ1n) is 3.61. The molecule has 3 nitrogen and oxygen atoms in total. The fraction of sp³-hybridized carbons (Fsp3) is 0.250. The van der Waals surface area contributed by atoms with Crippen molar-refractivity contribution in [3.8, 4) is 0 Å². The van der Waals surface area contributed by atoms with Crippen molar-refractivity contribution < 1.29 is 4.79 Å². The van der Waals surface area contributed by atoms with E-state index in [-0.39, 0.29) is 11.8 Å². The van der Waals surface area contributed by atoms with Crippen molar-refractivity contribution in [3.63, 3.8) is 0 Å². The van der Waals surface area contributed by atoms with Gasteiger partial charge < -0.3 is 5.32 Å². The average molecular weight is 219 g/mol. The Bertz CT molecular complexity index is 328. The smallest absolute Gasteiger partial charge is 0.239 e. The van der Waals surface area contributed by atoms with Gasteiger partial charge in [0.05, 0.1) is 11.9 Å². The zero-order valence-corrected chi connectivity index (χ0v) is 8.49. The zero-order valence-electron chi connectivity index (χ0n) is 6.97. The molecule has 0 atom stereocenters. The Morgan fingerprint density at radius 3 is 2.92 bits per heavy atom. The van der Waals surface area contributed by atoms with Gasteiger partial charge in [0, 0.05) is 0 Å². The molecule has 0 unspecified atom stereocenters. The summed E-state index contributed by atoms with van der Waals surface area (Å²) in [6, 6.07) is 1.74. The predicted molar refractivity (Wildman–Crippen MR) is 53.3 cm³/mol. The molecule has 0 aromatic carbocycles. The van der Waals surface area contributed by atoms with E-state index in [0.29, 0.717) is 10.8 Å². The van der Waals surface area contributed by atoms with Crippen LogP contribution in [0.25, 0.3) is 0 Å². The number of alkyl halides is 1. The fourth-order valence-corrected chi connectivity index (χ4v) is 0.991. The van der Waals surface area contributed by atoms with Gasteiger partial charge in [-0.05, 0) is 18.6 Å². The van der Waals surface area contributed by atoms with Gasteiger partial charge in [0.15, 0.2) is 0 Å². The Kier molecular flexibility index (Phi) is 3.51. The Balaban J connectivity index is 2.79. The van der Waals surface area contributed by atoms with E-state index in [1.165, 1.54) is 6.20 Å². The van der Waals surface area contributed by atoms with Crippen molar-refractivity contribution in [1.29, 1.82) is 0 Å². The van der Waals surface area contributed by atoms with Gasteiger partial charge in [0.1, 0.15) is 11.0 Å². The number of anilines is 1. The normalized spacial score (nSPS) is 9.77. The van der Waals surface area contributed by atoms with E-state index < -0.39 is 0 Å². The summed E-state index contributed by atoms with van der Waals surface area (Å²) in [5.41, 5.74) is 1.42. The second-order valence-electron chi connectivity index (χ2n) is 2.51. The number of halogens is 2. The second kappa shape index (κ2) is 4.44. The van der Waals surface area contributed by atoms with Crippen LogP contribution in [-0.4, -0.2) is 16.8 Å². The quantitative estimate of drug-likeness (QED) is 0.612. The van der Waals surface area contributed by atoms with Gasteiger partial charge in [-0.2, -0.15) is 0 Å². The van der Waals surface area contributed by atoms with E-state index in [0.717, 1.165) is 5.56 Å². The summed E-state index contributed by atoms with van der Waals surface area (Å²) in [5.74, 6) is -0.327.